The van der Waals surface area contributed by atoms with Gasteiger partial charge in [0.2, 0.25) is 5.91 Å². The normalized spacial score (nSPS) is 10.1. The summed E-state index contributed by atoms with van der Waals surface area (Å²) in [4.78, 5) is 11.8. The van der Waals surface area contributed by atoms with Crippen LogP contribution in [0.4, 0.5) is 5.69 Å². The molecule has 2 aromatic carbocycles. The van der Waals surface area contributed by atoms with Crippen LogP contribution in [-0.4, -0.2) is 19.1 Å². The van der Waals surface area contributed by atoms with E-state index < -0.39 is 0 Å². The fraction of sp³-hybridized carbons (Fsp3) is 0.235. The van der Waals surface area contributed by atoms with Crippen LogP contribution in [0.25, 0.3) is 0 Å². The molecule has 0 aliphatic heterocycles. The van der Waals surface area contributed by atoms with Crippen molar-refractivity contribution in [3.05, 3.63) is 53.6 Å². The van der Waals surface area contributed by atoms with Crippen LogP contribution >= 0.6 is 11.6 Å². The zero-order chi connectivity index (χ0) is 15.8. The van der Waals surface area contributed by atoms with Gasteiger partial charge in [-0.15, -0.1) is 0 Å². The molecule has 1 amide bonds. The summed E-state index contributed by atoms with van der Waals surface area (Å²) < 4.78 is 10.9. The summed E-state index contributed by atoms with van der Waals surface area (Å²) in [7, 11) is 0. The lowest BCUT2D eigenvalue weighted by molar-refractivity contribution is -0.116. The first-order valence-electron chi connectivity index (χ1n) is 7.08. The number of nitrogens with one attached hydrogen (secondary N) is 1. The Bertz CT molecular complexity index is 596. The second-order valence-corrected chi connectivity index (χ2v) is 4.99. The van der Waals surface area contributed by atoms with Crippen molar-refractivity contribution in [1.29, 1.82) is 0 Å². The third kappa shape index (κ3) is 5.30. The highest BCUT2D eigenvalue weighted by Gasteiger charge is 2.03. The van der Waals surface area contributed by atoms with Crippen LogP contribution in [0.5, 0.6) is 11.5 Å². The van der Waals surface area contributed by atoms with Gasteiger partial charge in [-0.25, -0.2) is 0 Å². The van der Waals surface area contributed by atoms with Gasteiger partial charge in [0.25, 0.3) is 0 Å². The minimum absolute atomic E-state index is 0.103. The summed E-state index contributed by atoms with van der Waals surface area (Å²) in [5.41, 5.74) is 0.718. The van der Waals surface area contributed by atoms with Crippen molar-refractivity contribution in [3.8, 4) is 11.5 Å². The van der Waals surface area contributed by atoms with E-state index in [1.54, 1.807) is 24.3 Å². The van der Waals surface area contributed by atoms with Gasteiger partial charge in [0.05, 0.1) is 19.6 Å². The van der Waals surface area contributed by atoms with Crippen LogP contribution in [0.1, 0.15) is 13.3 Å². The number of carbonyl (C=O) groups excluding carboxylic acids is 1. The van der Waals surface area contributed by atoms with Crippen molar-refractivity contribution >= 4 is 23.2 Å². The van der Waals surface area contributed by atoms with Gasteiger partial charge in [-0.2, -0.15) is 0 Å². The molecule has 0 aliphatic rings. The van der Waals surface area contributed by atoms with Gasteiger partial charge in [0.1, 0.15) is 11.5 Å². The molecule has 0 aliphatic carbocycles. The van der Waals surface area contributed by atoms with Gasteiger partial charge < -0.3 is 14.8 Å². The molecule has 0 heterocycles. The highest BCUT2D eigenvalue weighted by atomic mass is 35.5. The summed E-state index contributed by atoms with van der Waals surface area (Å²) in [5, 5.41) is 3.42. The first-order valence-corrected chi connectivity index (χ1v) is 7.46. The fourth-order valence-electron chi connectivity index (χ4n) is 1.82. The molecule has 2 aromatic rings. The van der Waals surface area contributed by atoms with Gasteiger partial charge >= 0.3 is 0 Å². The smallest absolute Gasteiger partial charge is 0.227 e. The van der Waals surface area contributed by atoms with E-state index in [1.807, 2.05) is 31.2 Å². The number of amides is 1. The Hall–Kier alpha value is -2.20. The van der Waals surface area contributed by atoms with E-state index in [0.29, 0.717) is 24.0 Å². The molecule has 2 rings (SSSR count). The van der Waals surface area contributed by atoms with Crippen LogP contribution in [0.2, 0.25) is 5.02 Å². The number of rotatable bonds is 7. The van der Waals surface area contributed by atoms with Crippen molar-refractivity contribution < 1.29 is 14.3 Å². The summed E-state index contributed by atoms with van der Waals surface area (Å²) in [6.45, 7) is 2.88. The van der Waals surface area contributed by atoms with Gasteiger partial charge in [0, 0.05) is 10.7 Å². The number of halogens is 1. The molecule has 5 heteroatoms. The van der Waals surface area contributed by atoms with Crippen molar-refractivity contribution in [2.24, 2.45) is 0 Å². The molecule has 0 atom stereocenters. The molecule has 0 spiro atoms. The summed E-state index contributed by atoms with van der Waals surface area (Å²) in [6.07, 6.45) is 0.274. The molecule has 0 unspecified atom stereocenters. The van der Waals surface area contributed by atoms with E-state index in [-0.39, 0.29) is 12.3 Å². The minimum Gasteiger partial charge on any atom is -0.494 e. The minimum atomic E-state index is -0.103. The number of ether oxygens (including phenoxy) is 2. The number of hydrogen-bond acceptors (Lipinski definition) is 3. The van der Waals surface area contributed by atoms with E-state index in [1.165, 1.54) is 0 Å². The fourth-order valence-corrected chi connectivity index (χ4v) is 1.94. The van der Waals surface area contributed by atoms with E-state index in [9.17, 15) is 4.79 Å². The lowest BCUT2D eigenvalue weighted by Crippen LogP contribution is -2.15. The molecular weight excluding hydrogens is 302 g/mol. The average Bonchev–Trinajstić information content (AvgIpc) is 2.52. The number of benzene rings is 2. The van der Waals surface area contributed by atoms with E-state index in [4.69, 9.17) is 21.1 Å². The van der Waals surface area contributed by atoms with Gasteiger partial charge in [-0.05, 0) is 55.5 Å². The molecule has 4 nitrogen and oxygen atoms in total. The molecule has 1 N–H and O–H groups in total. The Labute approximate surface area is 135 Å². The van der Waals surface area contributed by atoms with Crippen LogP contribution in [-0.2, 0) is 4.79 Å². The predicted octanol–water partition coefficient (Wildman–Crippen LogP) is 4.15. The predicted molar refractivity (Wildman–Crippen MR) is 87.8 cm³/mol. The van der Waals surface area contributed by atoms with Crippen molar-refractivity contribution in [2.75, 3.05) is 18.5 Å². The lowest BCUT2D eigenvalue weighted by Gasteiger charge is -2.08. The number of anilines is 1. The molecule has 0 fully saturated rings. The largest absolute Gasteiger partial charge is 0.494 e. The average molecular weight is 320 g/mol. The molecule has 0 bridgehead atoms. The Kier molecular flexibility index (Phi) is 6.10. The maximum atomic E-state index is 11.8. The summed E-state index contributed by atoms with van der Waals surface area (Å²) in [6, 6.07) is 14.3. The zero-order valence-corrected chi connectivity index (χ0v) is 13.1. The van der Waals surface area contributed by atoms with Crippen LogP contribution in [0, 0.1) is 0 Å². The second kappa shape index (κ2) is 8.29. The van der Waals surface area contributed by atoms with E-state index >= 15 is 0 Å². The first kappa shape index (κ1) is 16.2. The second-order valence-electron chi connectivity index (χ2n) is 4.56. The Morgan fingerprint density at radius 3 is 2.18 bits per heavy atom. The topological polar surface area (TPSA) is 47.6 Å². The maximum absolute atomic E-state index is 11.8. The molecule has 22 heavy (non-hydrogen) atoms. The highest BCUT2D eigenvalue weighted by molar-refractivity contribution is 6.30. The quantitative estimate of drug-likeness (QED) is 0.834. The van der Waals surface area contributed by atoms with Gasteiger partial charge in [0.15, 0.2) is 0 Å². The third-order valence-electron chi connectivity index (χ3n) is 2.86. The maximum Gasteiger partial charge on any atom is 0.227 e. The van der Waals surface area contributed by atoms with Crippen LogP contribution in [0.15, 0.2) is 48.5 Å². The lowest BCUT2D eigenvalue weighted by atomic mass is 10.3. The zero-order valence-electron chi connectivity index (χ0n) is 12.3. The van der Waals surface area contributed by atoms with Gasteiger partial charge in [-0.3, -0.25) is 4.79 Å². The molecule has 0 aromatic heterocycles. The third-order valence-corrected chi connectivity index (χ3v) is 3.11. The van der Waals surface area contributed by atoms with Gasteiger partial charge in [-0.1, -0.05) is 11.6 Å². The first-order chi connectivity index (χ1) is 10.7. The van der Waals surface area contributed by atoms with Crippen LogP contribution in [0.3, 0.4) is 0 Å². The van der Waals surface area contributed by atoms with Crippen LogP contribution < -0.4 is 14.8 Å². The molecule has 0 radical (unpaired) electrons. The number of carbonyl (C=O) groups is 1. The van der Waals surface area contributed by atoms with Crippen molar-refractivity contribution in [1.82, 2.24) is 0 Å². The highest BCUT2D eigenvalue weighted by Crippen LogP contribution is 2.18. The van der Waals surface area contributed by atoms with E-state index in [2.05, 4.69) is 5.32 Å². The monoisotopic (exact) mass is 319 g/mol. The Balaban J connectivity index is 1.73. The van der Waals surface area contributed by atoms with Crippen molar-refractivity contribution in [3.63, 3.8) is 0 Å². The number of hydrogen-bond donors (Lipinski definition) is 1. The molecular formula is C17H18ClNO3. The SMILES string of the molecule is CCOc1ccc(OCCC(=O)Nc2ccc(Cl)cc2)cc1. The van der Waals surface area contributed by atoms with E-state index in [0.717, 1.165) is 11.4 Å². The molecule has 0 saturated heterocycles. The molecule has 116 valence electrons. The standard InChI is InChI=1S/C17H18ClNO3/c1-2-21-15-7-9-16(10-8-15)22-12-11-17(20)19-14-5-3-13(18)4-6-14/h3-10H,2,11-12H2,1H3,(H,19,20). The Morgan fingerprint density at radius 1 is 1.00 bits per heavy atom. The molecule has 0 saturated carbocycles. The summed E-state index contributed by atoms with van der Waals surface area (Å²) >= 11 is 5.79. The Morgan fingerprint density at radius 2 is 1.59 bits per heavy atom. The van der Waals surface area contributed by atoms with Crippen molar-refractivity contribution in [2.45, 2.75) is 13.3 Å². The summed E-state index contributed by atoms with van der Waals surface area (Å²) in [5.74, 6) is 1.41.